The van der Waals surface area contributed by atoms with E-state index in [-0.39, 0.29) is 0 Å². The van der Waals surface area contributed by atoms with Crippen molar-refractivity contribution in [3.63, 3.8) is 0 Å². The molecule has 0 aromatic heterocycles. The number of aryl methyl sites for hydroxylation is 1. The van der Waals surface area contributed by atoms with Gasteiger partial charge in [-0.2, -0.15) is 0 Å². The zero-order valence-electron chi connectivity index (χ0n) is 10.5. The molecule has 2 aromatic rings. The van der Waals surface area contributed by atoms with Crippen molar-refractivity contribution in [1.82, 2.24) is 0 Å². The fraction of sp³-hybridized carbons (Fsp3) is 0.176. The maximum atomic E-state index is 5.71. The van der Waals surface area contributed by atoms with Crippen molar-refractivity contribution < 1.29 is 4.74 Å². The van der Waals surface area contributed by atoms with Crippen LogP contribution in [0.15, 0.2) is 48.5 Å². The molecule has 0 heterocycles. The fourth-order valence-corrected chi connectivity index (χ4v) is 1.67. The third kappa shape index (κ3) is 3.40. The number of hydrogen-bond acceptors (Lipinski definition) is 1. The van der Waals surface area contributed by atoms with Gasteiger partial charge in [0.2, 0.25) is 0 Å². The Kier molecular flexibility index (Phi) is 4.04. The van der Waals surface area contributed by atoms with Gasteiger partial charge in [-0.15, -0.1) is 12.3 Å². The van der Waals surface area contributed by atoms with Crippen LogP contribution in [0.4, 0.5) is 0 Å². The molecule has 90 valence electrons. The lowest BCUT2D eigenvalue weighted by molar-refractivity contribution is 0.306. The topological polar surface area (TPSA) is 9.23 Å². The van der Waals surface area contributed by atoms with Crippen molar-refractivity contribution in [3.05, 3.63) is 65.2 Å². The molecule has 18 heavy (non-hydrogen) atoms. The molecule has 0 bridgehead atoms. The number of rotatable bonds is 4. The van der Waals surface area contributed by atoms with Gasteiger partial charge in [0.15, 0.2) is 0 Å². The van der Waals surface area contributed by atoms with Crippen LogP contribution in [0.5, 0.6) is 5.75 Å². The van der Waals surface area contributed by atoms with E-state index in [1.54, 1.807) is 0 Å². The van der Waals surface area contributed by atoms with E-state index in [1.165, 1.54) is 11.1 Å². The molecule has 0 aliphatic heterocycles. The van der Waals surface area contributed by atoms with Gasteiger partial charge in [-0.05, 0) is 30.2 Å². The van der Waals surface area contributed by atoms with Crippen molar-refractivity contribution in [1.29, 1.82) is 0 Å². The molecule has 0 amide bonds. The highest BCUT2D eigenvalue weighted by Crippen LogP contribution is 2.14. The molecular weight excluding hydrogens is 220 g/mol. The zero-order valence-corrected chi connectivity index (χ0v) is 10.5. The Hall–Kier alpha value is -2.20. The average Bonchev–Trinajstić information content (AvgIpc) is 2.40. The van der Waals surface area contributed by atoms with Crippen LogP contribution in [0.25, 0.3) is 0 Å². The fourth-order valence-electron chi connectivity index (χ4n) is 1.67. The highest BCUT2D eigenvalue weighted by molar-refractivity contribution is 5.29. The first-order valence-corrected chi connectivity index (χ1v) is 5.98. The maximum absolute atomic E-state index is 5.71. The Bertz CT molecular complexity index is 529. The molecule has 0 saturated carbocycles. The first-order chi connectivity index (χ1) is 8.78. The molecule has 0 unspecified atom stereocenters. The van der Waals surface area contributed by atoms with E-state index in [0.717, 1.165) is 11.3 Å². The highest BCUT2D eigenvalue weighted by Gasteiger charge is 1.96. The van der Waals surface area contributed by atoms with E-state index < -0.39 is 0 Å². The van der Waals surface area contributed by atoms with Crippen molar-refractivity contribution in [2.45, 2.75) is 20.0 Å². The predicted molar refractivity (Wildman–Crippen MR) is 74.5 cm³/mol. The molecule has 1 nitrogen and oxygen atoms in total. The molecule has 2 rings (SSSR count). The Morgan fingerprint density at radius 2 is 1.56 bits per heavy atom. The summed E-state index contributed by atoms with van der Waals surface area (Å²) in [5.41, 5.74) is 3.57. The number of benzene rings is 2. The van der Waals surface area contributed by atoms with Gasteiger partial charge in [0.25, 0.3) is 0 Å². The van der Waals surface area contributed by atoms with Gasteiger partial charge in [-0.25, -0.2) is 0 Å². The van der Waals surface area contributed by atoms with Gasteiger partial charge in [0.05, 0.1) is 0 Å². The predicted octanol–water partition coefficient (Wildman–Crippen LogP) is 3.75. The molecule has 0 aliphatic carbocycles. The second-order valence-corrected chi connectivity index (χ2v) is 4.30. The van der Waals surface area contributed by atoms with Gasteiger partial charge in [-0.1, -0.05) is 42.0 Å². The zero-order chi connectivity index (χ0) is 12.8. The molecule has 0 atom stereocenters. The molecule has 0 aliphatic rings. The first kappa shape index (κ1) is 12.3. The van der Waals surface area contributed by atoms with Gasteiger partial charge >= 0.3 is 0 Å². The quantitative estimate of drug-likeness (QED) is 0.735. The summed E-state index contributed by atoms with van der Waals surface area (Å²) in [5.74, 6) is 3.50. The highest BCUT2D eigenvalue weighted by atomic mass is 16.5. The summed E-state index contributed by atoms with van der Waals surface area (Å²) >= 11 is 0. The van der Waals surface area contributed by atoms with Gasteiger partial charge in [0, 0.05) is 6.42 Å². The van der Waals surface area contributed by atoms with E-state index in [0.29, 0.717) is 13.0 Å². The Morgan fingerprint density at radius 1 is 0.944 bits per heavy atom. The van der Waals surface area contributed by atoms with Crippen molar-refractivity contribution in [3.8, 4) is 18.1 Å². The summed E-state index contributed by atoms with van der Waals surface area (Å²) in [4.78, 5) is 0. The number of terminal acetylenes is 1. The van der Waals surface area contributed by atoms with E-state index in [9.17, 15) is 0 Å². The van der Waals surface area contributed by atoms with Crippen LogP contribution in [0.2, 0.25) is 0 Å². The minimum Gasteiger partial charge on any atom is -0.489 e. The second kappa shape index (κ2) is 5.93. The Labute approximate surface area is 108 Å². The maximum Gasteiger partial charge on any atom is 0.119 e. The lowest BCUT2D eigenvalue weighted by Crippen LogP contribution is -1.95. The van der Waals surface area contributed by atoms with Gasteiger partial charge < -0.3 is 4.74 Å². The van der Waals surface area contributed by atoms with Crippen LogP contribution in [0.3, 0.4) is 0 Å². The SMILES string of the molecule is C#CCc1ccc(OCc2ccc(C)cc2)cc1. The van der Waals surface area contributed by atoms with Gasteiger partial charge in [0.1, 0.15) is 12.4 Å². The standard InChI is InChI=1S/C17H16O/c1-3-4-15-9-11-17(12-10-15)18-13-16-7-5-14(2)6-8-16/h1,5-12H,4,13H2,2H3. The summed E-state index contributed by atoms with van der Waals surface area (Å²) in [7, 11) is 0. The average molecular weight is 236 g/mol. The lowest BCUT2D eigenvalue weighted by atomic mass is 10.1. The molecule has 0 N–H and O–H groups in total. The molecule has 0 radical (unpaired) electrons. The van der Waals surface area contributed by atoms with E-state index >= 15 is 0 Å². The normalized spacial score (nSPS) is 9.78. The van der Waals surface area contributed by atoms with Crippen LogP contribution in [0, 0.1) is 19.3 Å². The van der Waals surface area contributed by atoms with Crippen LogP contribution < -0.4 is 4.74 Å². The summed E-state index contributed by atoms with van der Waals surface area (Å²) < 4.78 is 5.71. The minimum absolute atomic E-state index is 0.592. The van der Waals surface area contributed by atoms with Crippen LogP contribution in [0.1, 0.15) is 16.7 Å². The van der Waals surface area contributed by atoms with E-state index in [2.05, 4.69) is 37.1 Å². The smallest absolute Gasteiger partial charge is 0.119 e. The molecule has 0 spiro atoms. The lowest BCUT2D eigenvalue weighted by Gasteiger charge is -2.07. The van der Waals surface area contributed by atoms with Crippen LogP contribution >= 0.6 is 0 Å². The first-order valence-electron chi connectivity index (χ1n) is 5.98. The Morgan fingerprint density at radius 3 is 2.17 bits per heavy atom. The number of ether oxygens (including phenoxy) is 1. The van der Waals surface area contributed by atoms with E-state index in [4.69, 9.17) is 11.2 Å². The summed E-state index contributed by atoms with van der Waals surface area (Å²) in [6.45, 7) is 2.67. The number of hydrogen-bond donors (Lipinski definition) is 0. The van der Waals surface area contributed by atoms with Crippen LogP contribution in [-0.2, 0) is 13.0 Å². The Balaban J connectivity index is 1.94. The summed E-state index contributed by atoms with van der Waals surface area (Å²) in [6.07, 6.45) is 5.93. The summed E-state index contributed by atoms with van der Waals surface area (Å²) in [5, 5.41) is 0. The van der Waals surface area contributed by atoms with Crippen molar-refractivity contribution in [2.75, 3.05) is 0 Å². The van der Waals surface area contributed by atoms with Crippen LogP contribution in [-0.4, -0.2) is 0 Å². The monoisotopic (exact) mass is 236 g/mol. The molecule has 0 saturated heterocycles. The molecule has 1 heteroatoms. The third-order valence-corrected chi connectivity index (χ3v) is 2.76. The molecule has 2 aromatic carbocycles. The molecular formula is C17H16O. The minimum atomic E-state index is 0.592. The van der Waals surface area contributed by atoms with Gasteiger partial charge in [-0.3, -0.25) is 0 Å². The molecule has 0 fully saturated rings. The van der Waals surface area contributed by atoms with Crippen molar-refractivity contribution >= 4 is 0 Å². The second-order valence-electron chi connectivity index (χ2n) is 4.30. The van der Waals surface area contributed by atoms with E-state index in [1.807, 2.05) is 24.3 Å². The largest absolute Gasteiger partial charge is 0.489 e. The summed E-state index contributed by atoms with van der Waals surface area (Å²) in [6, 6.07) is 16.3. The van der Waals surface area contributed by atoms with Crippen molar-refractivity contribution in [2.24, 2.45) is 0 Å². The third-order valence-electron chi connectivity index (χ3n) is 2.76.